The number of hydrogen-bond donors (Lipinski definition) is 2. The molecule has 0 unspecified atom stereocenters. The van der Waals surface area contributed by atoms with Crippen LogP contribution in [0.2, 0.25) is 0 Å². The number of carbonyl (C=O) groups is 1. The molecule has 1 saturated heterocycles. The zero-order chi connectivity index (χ0) is 21.1. The molecule has 4 rings (SSSR count). The summed E-state index contributed by atoms with van der Waals surface area (Å²) >= 11 is 0. The molecule has 1 amide bonds. The Bertz CT molecular complexity index is 1080. The first-order chi connectivity index (χ1) is 14.5. The molecule has 2 aromatic carbocycles. The molecule has 0 bridgehead atoms. The number of aliphatic hydroxyl groups excluding tert-OH is 1. The molecule has 3 aromatic rings. The van der Waals surface area contributed by atoms with Crippen molar-refractivity contribution in [2.24, 2.45) is 0 Å². The van der Waals surface area contributed by atoms with Crippen molar-refractivity contribution in [3.8, 4) is 23.0 Å². The van der Waals surface area contributed by atoms with E-state index in [2.05, 4.69) is 72.4 Å². The topological polar surface area (TPSA) is 67.2 Å². The number of hydrogen-bond acceptors (Lipinski definition) is 3. The number of β-lactam (4-membered cyclic amide) rings is 1. The maximum Gasteiger partial charge on any atom is 0.222 e. The van der Waals surface area contributed by atoms with Gasteiger partial charge in [-0.15, -0.1) is 0 Å². The minimum Gasteiger partial charge on any atom is -0.393 e. The fourth-order valence-electron chi connectivity index (χ4n) is 3.62. The van der Waals surface area contributed by atoms with Gasteiger partial charge in [0.15, 0.2) is 0 Å². The van der Waals surface area contributed by atoms with Gasteiger partial charge in [-0.1, -0.05) is 62.1 Å². The van der Waals surface area contributed by atoms with Gasteiger partial charge in [-0.3, -0.25) is 4.79 Å². The minimum atomic E-state index is -0.316. The van der Waals surface area contributed by atoms with Crippen LogP contribution in [0.4, 0.5) is 0 Å². The standard InChI is InChI=1S/C25H25N3O2/c1-17(2)25-26-13-14-28(25)22(16-29)12-5-18-3-6-19(7-4-18)20-8-10-21(11-9-20)23-15-24(30)27-23/h3-4,6-11,13-14,17,22-23,29H,15-16H2,1-2H3,(H,27,30)/t22-,23-/m0/s1. The lowest BCUT2D eigenvalue weighted by Gasteiger charge is -2.27. The van der Waals surface area contributed by atoms with Gasteiger partial charge in [-0.25, -0.2) is 4.98 Å². The van der Waals surface area contributed by atoms with Gasteiger partial charge < -0.3 is 15.0 Å². The molecule has 1 fully saturated rings. The Kier molecular flexibility index (Phi) is 5.69. The smallest absolute Gasteiger partial charge is 0.222 e. The summed E-state index contributed by atoms with van der Waals surface area (Å²) in [5.74, 6) is 7.64. The highest BCUT2D eigenvalue weighted by atomic mass is 16.3. The third-order valence-corrected chi connectivity index (χ3v) is 5.36. The predicted octanol–water partition coefficient (Wildman–Crippen LogP) is 3.82. The van der Waals surface area contributed by atoms with Gasteiger partial charge in [0.2, 0.25) is 5.91 Å². The van der Waals surface area contributed by atoms with Crippen molar-refractivity contribution in [3.05, 3.63) is 77.9 Å². The number of benzene rings is 2. The van der Waals surface area contributed by atoms with Gasteiger partial charge in [0.1, 0.15) is 11.9 Å². The van der Waals surface area contributed by atoms with E-state index in [0.717, 1.165) is 28.1 Å². The number of aromatic nitrogens is 2. The first-order valence-electron chi connectivity index (χ1n) is 10.2. The van der Waals surface area contributed by atoms with Crippen LogP contribution < -0.4 is 5.32 Å². The number of aliphatic hydroxyl groups is 1. The summed E-state index contributed by atoms with van der Waals surface area (Å²) in [7, 11) is 0. The second-order valence-corrected chi connectivity index (χ2v) is 7.84. The van der Waals surface area contributed by atoms with Gasteiger partial charge in [0.05, 0.1) is 19.1 Å². The van der Waals surface area contributed by atoms with Crippen LogP contribution in [0.3, 0.4) is 0 Å². The van der Waals surface area contributed by atoms with Crippen LogP contribution in [-0.2, 0) is 4.79 Å². The maximum atomic E-state index is 11.1. The van der Waals surface area contributed by atoms with Crippen molar-refractivity contribution in [1.29, 1.82) is 0 Å². The SMILES string of the molecule is CC(C)c1nccn1[C@@H](C#Cc1ccc(-c2ccc([C@@H]3CC(=O)N3)cc2)cc1)CO. The molecule has 2 N–H and O–H groups in total. The highest BCUT2D eigenvalue weighted by Gasteiger charge is 2.26. The van der Waals surface area contributed by atoms with Crippen molar-refractivity contribution >= 4 is 5.91 Å². The van der Waals surface area contributed by atoms with E-state index < -0.39 is 0 Å². The fraction of sp³-hybridized carbons (Fsp3) is 0.280. The Labute approximate surface area is 176 Å². The molecule has 152 valence electrons. The number of carbonyl (C=O) groups excluding carboxylic acids is 1. The maximum absolute atomic E-state index is 11.1. The van der Waals surface area contributed by atoms with E-state index >= 15 is 0 Å². The van der Waals surface area contributed by atoms with Crippen LogP contribution in [0.25, 0.3) is 11.1 Å². The Morgan fingerprint density at radius 1 is 1.13 bits per heavy atom. The summed E-state index contributed by atoms with van der Waals surface area (Å²) < 4.78 is 1.94. The number of imidazole rings is 1. The average molecular weight is 399 g/mol. The quantitative estimate of drug-likeness (QED) is 0.506. The van der Waals surface area contributed by atoms with E-state index in [1.54, 1.807) is 6.20 Å². The lowest BCUT2D eigenvalue weighted by molar-refractivity contribution is -0.128. The first-order valence-corrected chi connectivity index (χ1v) is 10.2. The second-order valence-electron chi connectivity index (χ2n) is 7.84. The van der Waals surface area contributed by atoms with Gasteiger partial charge in [-0.2, -0.15) is 0 Å². The van der Waals surface area contributed by atoms with Gasteiger partial charge in [-0.05, 0) is 28.8 Å². The Morgan fingerprint density at radius 3 is 2.33 bits per heavy atom. The lowest BCUT2D eigenvalue weighted by atomic mass is 9.95. The van der Waals surface area contributed by atoms with Crippen LogP contribution in [-0.4, -0.2) is 27.2 Å². The zero-order valence-electron chi connectivity index (χ0n) is 17.2. The molecule has 0 radical (unpaired) electrons. The van der Waals surface area contributed by atoms with Crippen molar-refractivity contribution < 1.29 is 9.90 Å². The highest BCUT2D eigenvalue weighted by molar-refractivity contribution is 5.83. The van der Waals surface area contributed by atoms with E-state index in [-0.39, 0.29) is 30.5 Å². The third kappa shape index (κ3) is 4.14. The van der Waals surface area contributed by atoms with Gasteiger partial charge >= 0.3 is 0 Å². The van der Waals surface area contributed by atoms with Crippen LogP contribution >= 0.6 is 0 Å². The molecule has 2 heterocycles. The average Bonchev–Trinajstić information content (AvgIpc) is 3.23. The van der Waals surface area contributed by atoms with Crippen LogP contribution in [0.5, 0.6) is 0 Å². The second kappa shape index (κ2) is 8.56. The third-order valence-electron chi connectivity index (χ3n) is 5.36. The molecule has 5 nitrogen and oxygen atoms in total. The van der Waals surface area contributed by atoms with Crippen LogP contribution in [0.1, 0.15) is 55.2 Å². The first kappa shape index (κ1) is 19.9. The summed E-state index contributed by atoms with van der Waals surface area (Å²) in [6.45, 7) is 4.09. The Morgan fingerprint density at radius 2 is 1.77 bits per heavy atom. The van der Waals surface area contributed by atoms with Crippen LogP contribution in [0, 0.1) is 11.8 Å². The van der Waals surface area contributed by atoms with E-state index in [1.807, 2.05) is 22.9 Å². The molecule has 1 aromatic heterocycles. The number of nitrogens with zero attached hydrogens (tertiary/aromatic N) is 2. The lowest BCUT2D eigenvalue weighted by Crippen LogP contribution is -2.41. The molecule has 0 spiro atoms. The molecule has 1 aliphatic rings. The zero-order valence-corrected chi connectivity index (χ0v) is 17.2. The van der Waals surface area contributed by atoms with E-state index in [0.29, 0.717) is 6.42 Å². The fourth-order valence-corrected chi connectivity index (χ4v) is 3.62. The molecule has 0 saturated carbocycles. The molecule has 2 atom stereocenters. The Hall–Kier alpha value is -3.36. The summed E-state index contributed by atoms with van der Waals surface area (Å²) in [6.07, 6.45) is 4.19. The minimum absolute atomic E-state index is 0.0606. The molecule has 5 heteroatoms. The molecule has 0 aliphatic carbocycles. The number of amides is 1. The summed E-state index contributed by atoms with van der Waals surface area (Å²) in [6, 6.07) is 16.2. The van der Waals surface area contributed by atoms with E-state index in [4.69, 9.17) is 0 Å². The molecular formula is C25H25N3O2. The van der Waals surface area contributed by atoms with Gasteiger partial charge in [0, 0.05) is 23.9 Å². The van der Waals surface area contributed by atoms with Crippen molar-refractivity contribution in [2.75, 3.05) is 6.61 Å². The van der Waals surface area contributed by atoms with Crippen molar-refractivity contribution in [3.63, 3.8) is 0 Å². The largest absolute Gasteiger partial charge is 0.393 e. The number of rotatable bonds is 5. The summed E-state index contributed by atoms with van der Waals surface area (Å²) in [4.78, 5) is 15.5. The Balaban J connectivity index is 1.47. The van der Waals surface area contributed by atoms with Crippen molar-refractivity contribution in [1.82, 2.24) is 14.9 Å². The monoisotopic (exact) mass is 399 g/mol. The molecule has 30 heavy (non-hydrogen) atoms. The normalized spacial score (nSPS) is 16.4. The molecular weight excluding hydrogens is 374 g/mol. The van der Waals surface area contributed by atoms with Gasteiger partial charge in [0.25, 0.3) is 0 Å². The molecule has 1 aliphatic heterocycles. The van der Waals surface area contributed by atoms with Crippen molar-refractivity contribution in [2.45, 2.75) is 38.3 Å². The number of nitrogens with one attached hydrogen (secondary N) is 1. The summed E-state index contributed by atoms with van der Waals surface area (Å²) in [5.41, 5.74) is 4.27. The summed E-state index contributed by atoms with van der Waals surface area (Å²) in [5, 5.41) is 12.7. The highest BCUT2D eigenvalue weighted by Crippen LogP contribution is 2.27. The predicted molar refractivity (Wildman–Crippen MR) is 117 cm³/mol. The van der Waals surface area contributed by atoms with E-state index in [9.17, 15) is 9.90 Å². The van der Waals surface area contributed by atoms with Crippen LogP contribution in [0.15, 0.2) is 60.9 Å². The van der Waals surface area contributed by atoms with E-state index in [1.165, 1.54) is 0 Å².